The molecule has 1 unspecified atom stereocenters. The van der Waals surface area contributed by atoms with Gasteiger partial charge in [-0.2, -0.15) is 11.8 Å². The Kier molecular flexibility index (Phi) is 5.85. The number of aryl methyl sites for hydroxylation is 1. The summed E-state index contributed by atoms with van der Waals surface area (Å²) in [6.45, 7) is 2.04. The van der Waals surface area contributed by atoms with Crippen molar-refractivity contribution in [1.29, 1.82) is 0 Å². The van der Waals surface area contributed by atoms with E-state index in [1.807, 2.05) is 31.8 Å². The smallest absolute Gasteiger partial charge is 0.123 e. The Labute approximate surface area is 102 Å². The highest BCUT2D eigenvalue weighted by atomic mass is 32.2. The minimum absolute atomic E-state index is 0.139. The maximum absolute atomic E-state index is 13.1. The van der Waals surface area contributed by atoms with Crippen LogP contribution in [0, 0.1) is 12.7 Å². The van der Waals surface area contributed by atoms with E-state index in [4.69, 9.17) is 0 Å². The summed E-state index contributed by atoms with van der Waals surface area (Å²) in [6, 6.07) is 5.47. The molecule has 0 aliphatic carbocycles. The quantitative estimate of drug-likeness (QED) is 0.821. The molecule has 0 fully saturated rings. The average molecular weight is 241 g/mol. The third kappa shape index (κ3) is 4.14. The number of hydrogen-bond donors (Lipinski definition) is 1. The molecule has 1 N–H and O–H groups in total. The average Bonchev–Trinajstić information content (AvgIpc) is 2.28. The second-order valence-corrected chi connectivity index (χ2v) is 5.03. The number of rotatable bonds is 6. The van der Waals surface area contributed by atoms with Gasteiger partial charge in [0.05, 0.1) is 0 Å². The van der Waals surface area contributed by atoms with Gasteiger partial charge in [0, 0.05) is 6.04 Å². The third-order valence-corrected chi connectivity index (χ3v) is 3.50. The minimum Gasteiger partial charge on any atom is -0.317 e. The molecule has 0 aromatic heterocycles. The van der Waals surface area contributed by atoms with Gasteiger partial charge in [-0.05, 0) is 62.1 Å². The van der Waals surface area contributed by atoms with Crippen molar-refractivity contribution in [3.63, 3.8) is 0 Å². The van der Waals surface area contributed by atoms with Gasteiger partial charge in [-0.25, -0.2) is 4.39 Å². The highest BCUT2D eigenvalue weighted by Crippen LogP contribution is 2.14. The van der Waals surface area contributed by atoms with E-state index in [0.29, 0.717) is 6.04 Å². The molecule has 0 bridgehead atoms. The predicted molar refractivity (Wildman–Crippen MR) is 70.7 cm³/mol. The Hall–Kier alpha value is -0.540. The van der Waals surface area contributed by atoms with Crippen LogP contribution in [-0.2, 0) is 6.42 Å². The van der Waals surface area contributed by atoms with Gasteiger partial charge in [-0.3, -0.25) is 0 Å². The number of thioether (sulfide) groups is 1. The predicted octanol–water partition coefficient (Wildman–Crippen LogP) is 3.02. The molecule has 1 aromatic carbocycles. The Bertz CT molecular complexity index is 328. The molecule has 1 rings (SSSR count). The van der Waals surface area contributed by atoms with Gasteiger partial charge in [0.1, 0.15) is 5.82 Å². The lowest BCUT2D eigenvalue weighted by Crippen LogP contribution is -2.28. The molecule has 90 valence electrons. The summed E-state index contributed by atoms with van der Waals surface area (Å²) in [6.07, 6.45) is 4.13. The monoisotopic (exact) mass is 241 g/mol. The summed E-state index contributed by atoms with van der Waals surface area (Å²) < 4.78 is 13.1. The van der Waals surface area contributed by atoms with Crippen molar-refractivity contribution < 1.29 is 4.39 Å². The van der Waals surface area contributed by atoms with Crippen molar-refractivity contribution in [1.82, 2.24) is 5.32 Å². The van der Waals surface area contributed by atoms with E-state index in [-0.39, 0.29) is 5.82 Å². The van der Waals surface area contributed by atoms with Crippen LogP contribution in [0.15, 0.2) is 18.2 Å². The second-order valence-electron chi connectivity index (χ2n) is 4.04. The Morgan fingerprint density at radius 1 is 1.44 bits per heavy atom. The molecule has 0 amide bonds. The second kappa shape index (κ2) is 6.92. The van der Waals surface area contributed by atoms with Gasteiger partial charge >= 0.3 is 0 Å². The van der Waals surface area contributed by atoms with Gasteiger partial charge in [0.25, 0.3) is 0 Å². The number of benzene rings is 1. The lowest BCUT2D eigenvalue weighted by molar-refractivity contribution is 0.543. The molecule has 0 aliphatic rings. The fraction of sp³-hybridized carbons (Fsp3) is 0.538. The van der Waals surface area contributed by atoms with Crippen molar-refractivity contribution in [2.24, 2.45) is 0 Å². The van der Waals surface area contributed by atoms with Crippen LogP contribution in [0.25, 0.3) is 0 Å². The normalized spacial score (nSPS) is 12.8. The highest BCUT2D eigenvalue weighted by Gasteiger charge is 2.09. The summed E-state index contributed by atoms with van der Waals surface area (Å²) in [5, 5.41) is 3.30. The molecule has 0 saturated heterocycles. The molecule has 16 heavy (non-hydrogen) atoms. The summed E-state index contributed by atoms with van der Waals surface area (Å²) in [7, 11) is 1.97. The highest BCUT2D eigenvalue weighted by molar-refractivity contribution is 7.98. The van der Waals surface area contributed by atoms with E-state index in [9.17, 15) is 4.39 Å². The first-order valence-electron chi connectivity index (χ1n) is 5.58. The molecular weight excluding hydrogens is 221 g/mol. The van der Waals surface area contributed by atoms with Gasteiger partial charge in [-0.15, -0.1) is 0 Å². The fourth-order valence-electron chi connectivity index (χ4n) is 1.73. The van der Waals surface area contributed by atoms with Crippen molar-refractivity contribution in [2.75, 3.05) is 19.1 Å². The van der Waals surface area contributed by atoms with E-state index in [2.05, 4.69) is 11.6 Å². The van der Waals surface area contributed by atoms with E-state index in [0.717, 1.165) is 24.2 Å². The molecule has 3 heteroatoms. The summed E-state index contributed by atoms with van der Waals surface area (Å²) in [5.41, 5.74) is 2.28. The zero-order valence-corrected chi connectivity index (χ0v) is 11.0. The first-order chi connectivity index (χ1) is 7.67. The van der Waals surface area contributed by atoms with Crippen LogP contribution in [-0.4, -0.2) is 25.1 Å². The van der Waals surface area contributed by atoms with E-state index >= 15 is 0 Å². The van der Waals surface area contributed by atoms with E-state index in [1.165, 1.54) is 11.6 Å². The van der Waals surface area contributed by atoms with Crippen molar-refractivity contribution in [3.8, 4) is 0 Å². The van der Waals surface area contributed by atoms with Crippen LogP contribution >= 0.6 is 11.8 Å². The first kappa shape index (κ1) is 13.5. The first-order valence-corrected chi connectivity index (χ1v) is 6.98. The number of nitrogens with one attached hydrogen (secondary N) is 1. The Morgan fingerprint density at radius 3 is 2.81 bits per heavy atom. The fourth-order valence-corrected chi connectivity index (χ4v) is 2.25. The Balaban J connectivity index is 2.65. The number of likely N-dealkylation sites (N-methyl/N-ethyl adjacent to an activating group) is 1. The third-order valence-electron chi connectivity index (χ3n) is 2.86. The molecule has 1 nitrogen and oxygen atoms in total. The van der Waals surface area contributed by atoms with Gasteiger partial charge in [0.2, 0.25) is 0 Å². The molecule has 1 atom stereocenters. The zero-order valence-electron chi connectivity index (χ0n) is 10.2. The minimum atomic E-state index is -0.139. The molecule has 0 heterocycles. The summed E-state index contributed by atoms with van der Waals surface area (Å²) in [4.78, 5) is 0. The van der Waals surface area contributed by atoms with Crippen molar-refractivity contribution >= 4 is 11.8 Å². The van der Waals surface area contributed by atoms with Crippen molar-refractivity contribution in [2.45, 2.75) is 25.8 Å². The topological polar surface area (TPSA) is 12.0 Å². The largest absolute Gasteiger partial charge is 0.317 e. The maximum atomic E-state index is 13.1. The van der Waals surface area contributed by atoms with Crippen LogP contribution in [0.5, 0.6) is 0 Å². The SMILES string of the molecule is CNC(CCSC)Cc1cc(F)ccc1C. The summed E-state index contributed by atoms with van der Waals surface area (Å²) >= 11 is 1.85. The molecule has 0 radical (unpaired) electrons. The number of halogens is 1. The van der Waals surface area contributed by atoms with Crippen LogP contribution in [0.3, 0.4) is 0 Å². The molecule has 0 saturated carbocycles. The lowest BCUT2D eigenvalue weighted by Gasteiger charge is -2.17. The van der Waals surface area contributed by atoms with Gasteiger partial charge in [0.15, 0.2) is 0 Å². The van der Waals surface area contributed by atoms with Gasteiger partial charge < -0.3 is 5.32 Å². The molecule has 0 aliphatic heterocycles. The maximum Gasteiger partial charge on any atom is 0.123 e. The Morgan fingerprint density at radius 2 is 2.19 bits per heavy atom. The zero-order chi connectivity index (χ0) is 12.0. The lowest BCUT2D eigenvalue weighted by atomic mass is 9.99. The van der Waals surface area contributed by atoms with Gasteiger partial charge in [-0.1, -0.05) is 6.07 Å². The van der Waals surface area contributed by atoms with E-state index < -0.39 is 0 Å². The molecular formula is C13H20FNS. The van der Waals surface area contributed by atoms with Crippen molar-refractivity contribution in [3.05, 3.63) is 35.1 Å². The molecule has 1 aromatic rings. The number of hydrogen-bond acceptors (Lipinski definition) is 2. The van der Waals surface area contributed by atoms with E-state index in [1.54, 1.807) is 6.07 Å². The van der Waals surface area contributed by atoms with Crippen LogP contribution < -0.4 is 5.32 Å². The summed E-state index contributed by atoms with van der Waals surface area (Å²) in [5.74, 6) is 1.00. The van der Waals surface area contributed by atoms with Crippen LogP contribution in [0.1, 0.15) is 17.5 Å². The molecule has 0 spiro atoms. The standard InChI is InChI=1S/C13H20FNS/c1-10-4-5-12(14)8-11(10)9-13(15-2)6-7-16-3/h4-5,8,13,15H,6-7,9H2,1-3H3. The van der Waals surface area contributed by atoms with Crippen LogP contribution in [0.4, 0.5) is 4.39 Å². The van der Waals surface area contributed by atoms with Crippen LogP contribution in [0.2, 0.25) is 0 Å².